The van der Waals surface area contributed by atoms with Gasteiger partial charge in [-0.25, -0.2) is 4.98 Å². The number of esters is 1. The molecule has 0 spiro atoms. The fraction of sp³-hybridized carbons (Fsp3) is 0.882. The molecule has 5 rings (SSSR count). The monoisotopic (exact) mass is 555 g/mol. The van der Waals surface area contributed by atoms with E-state index >= 15 is 0 Å². The van der Waals surface area contributed by atoms with Crippen molar-refractivity contribution in [2.45, 2.75) is 136 Å². The summed E-state index contributed by atoms with van der Waals surface area (Å²) in [7, 11) is 0. The van der Waals surface area contributed by atoms with E-state index in [2.05, 4.69) is 49.9 Å². The topological polar surface area (TPSA) is 87.2 Å². The average Bonchev–Trinajstić information content (AvgIpc) is 3.52. The summed E-state index contributed by atoms with van der Waals surface area (Å²) in [6.07, 6.45) is 17.0. The van der Waals surface area contributed by atoms with E-state index in [1.54, 1.807) is 6.33 Å². The third-order valence-electron chi connectivity index (χ3n) is 12.7. The Balaban J connectivity index is 1.37. The highest BCUT2D eigenvalue weighted by atomic mass is 16.5. The third kappa shape index (κ3) is 5.41. The first-order valence-electron chi connectivity index (χ1n) is 16.6. The van der Waals surface area contributed by atoms with Gasteiger partial charge in [-0.2, -0.15) is 0 Å². The first-order chi connectivity index (χ1) is 19.0. The van der Waals surface area contributed by atoms with Gasteiger partial charge in [0.05, 0.1) is 11.9 Å². The van der Waals surface area contributed by atoms with Crippen LogP contribution in [0.5, 0.6) is 0 Å². The zero-order valence-electron chi connectivity index (χ0n) is 26.2. The Kier molecular flexibility index (Phi) is 8.80. The number of imidazole rings is 1. The molecule has 0 bridgehead atoms. The van der Waals surface area contributed by atoms with Gasteiger partial charge in [-0.05, 0) is 85.9 Å². The lowest BCUT2D eigenvalue weighted by Crippen LogP contribution is -2.71. The Morgan fingerprint density at radius 3 is 2.65 bits per heavy atom. The van der Waals surface area contributed by atoms with Gasteiger partial charge in [0.1, 0.15) is 6.10 Å². The first-order valence-corrected chi connectivity index (χ1v) is 16.6. The van der Waals surface area contributed by atoms with Crippen molar-refractivity contribution in [2.24, 2.45) is 46.3 Å². The van der Waals surface area contributed by atoms with Gasteiger partial charge in [-0.15, -0.1) is 0 Å². The molecule has 3 unspecified atom stereocenters. The quantitative estimate of drug-likeness (QED) is 0.280. The number of H-pyrrole nitrogens is 1. The van der Waals surface area contributed by atoms with E-state index in [4.69, 9.17) is 4.74 Å². The van der Waals surface area contributed by atoms with Crippen LogP contribution in [0.25, 0.3) is 0 Å². The fourth-order valence-electron chi connectivity index (χ4n) is 10.7. The number of aromatic nitrogens is 2. The second-order valence-corrected chi connectivity index (χ2v) is 15.3. The lowest BCUT2D eigenvalue weighted by Gasteiger charge is -2.66. The zero-order chi connectivity index (χ0) is 28.7. The molecule has 4 saturated carbocycles. The van der Waals surface area contributed by atoms with E-state index in [1.165, 1.54) is 51.9 Å². The number of carbonyl (C=O) groups is 1. The molecule has 6 heteroatoms. The van der Waals surface area contributed by atoms with Crippen LogP contribution in [-0.4, -0.2) is 45.3 Å². The number of nitrogens with one attached hydrogen (secondary N) is 2. The summed E-state index contributed by atoms with van der Waals surface area (Å²) in [6, 6.07) is 0.00453. The minimum absolute atomic E-state index is 0.00453. The van der Waals surface area contributed by atoms with E-state index in [0.29, 0.717) is 23.7 Å². The average molecular weight is 556 g/mol. The summed E-state index contributed by atoms with van der Waals surface area (Å²) < 4.78 is 5.73. The van der Waals surface area contributed by atoms with Gasteiger partial charge in [-0.3, -0.25) is 4.79 Å². The van der Waals surface area contributed by atoms with E-state index in [0.717, 1.165) is 61.6 Å². The molecule has 3 N–H and O–H groups in total. The van der Waals surface area contributed by atoms with Crippen LogP contribution < -0.4 is 5.32 Å². The molecule has 6 nitrogen and oxygen atoms in total. The maximum atomic E-state index is 12.7. The minimum atomic E-state index is -0.879. The number of rotatable bonds is 10. The molecule has 1 aromatic rings. The number of aromatic amines is 1. The van der Waals surface area contributed by atoms with Gasteiger partial charge in [0, 0.05) is 49.7 Å². The molecule has 1 heterocycles. The first kappa shape index (κ1) is 30.1. The summed E-state index contributed by atoms with van der Waals surface area (Å²) >= 11 is 0. The molecular formula is C34H57N3O3. The molecule has 10 atom stereocenters. The van der Waals surface area contributed by atoms with Crippen molar-refractivity contribution in [1.82, 2.24) is 15.3 Å². The predicted molar refractivity (Wildman–Crippen MR) is 160 cm³/mol. The van der Waals surface area contributed by atoms with Crippen molar-refractivity contribution in [3.63, 3.8) is 0 Å². The van der Waals surface area contributed by atoms with Crippen LogP contribution in [0.15, 0.2) is 12.5 Å². The standard InChI is InChI=1S/C34H57N3O3/c1-22(2)8-7-9-23(3)28-10-11-29-27-18-31(36-17-14-25-20-35-21-37-25)34(39)19-26(40-24(4)38)12-16-33(34,6)30(27)13-15-32(28,29)5/h20-23,26-31,36,39H,7-19H2,1-6H3,(H,35,37)/t23-,26?,27+,28-,29+,30+,31?,32-,33-,34?/m1/s1. The maximum Gasteiger partial charge on any atom is 0.302 e. The summed E-state index contributed by atoms with van der Waals surface area (Å²) in [5, 5.41) is 16.6. The minimum Gasteiger partial charge on any atom is -0.462 e. The van der Waals surface area contributed by atoms with E-state index in [9.17, 15) is 9.90 Å². The van der Waals surface area contributed by atoms with Gasteiger partial charge in [-0.1, -0.05) is 53.9 Å². The van der Waals surface area contributed by atoms with Crippen LogP contribution in [0.4, 0.5) is 0 Å². The Hall–Kier alpha value is -1.40. The number of nitrogens with zero attached hydrogens (tertiary/aromatic N) is 1. The lowest BCUT2D eigenvalue weighted by atomic mass is 9.42. The Morgan fingerprint density at radius 1 is 1.15 bits per heavy atom. The van der Waals surface area contributed by atoms with Crippen molar-refractivity contribution in [1.29, 1.82) is 0 Å². The molecule has 0 aromatic carbocycles. The number of ether oxygens (including phenoxy) is 1. The second-order valence-electron chi connectivity index (χ2n) is 15.3. The molecule has 4 aliphatic rings. The molecule has 0 aliphatic heterocycles. The smallest absolute Gasteiger partial charge is 0.302 e. The van der Waals surface area contributed by atoms with Crippen molar-refractivity contribution in [3.05, 3.63) is 18.2 Å². The summed E-state index contributed by atoms with van der Waals surface area (Å²) in [6.45, 7) is 14.6. The molecule has 0 amide bonds. The number of fused-ring (bicyclic) bond motifs is 5. The molecule has 0 saturated heterocycles. The van der Waals surface area contributed by atoms with Gasteiger partial charge >= 0.3 is 5.97 Å². The number of carbonyl (C=O) groups excluding carboxylic acids is 1. The summed E-state index contributed by atoms with van der Waals surface area (Å²) in [5.41, 5.74) is 0.490. The normalized spacial score (nSPS) is 41.7. The van der Waals surface area contributed by atoms with Crippen LogP contribution in [0.1, 0.15) is 118 Å². The fourth-order valence-corrected chi connectivity index (χ4v) is 10.7. The largest absolute Gasteiger partial charge is 0.462 e. The van der Waals surface area contributed by atoms with Crippen LogP contribution in [0, 0.1) is 46.3 Å². The molecule has 4 fully saturated rings. The molecule has 1 aromatic heterocycles. The number of hydrogen-bond donors (Lipinski definition) is 3. The van der Waals surface area contributed by atoms with Crippen LogP contribution in [0.3, 0.4) is 0 Å². The van der Waals surface area contributed by atoms with Crippen LogP contribution in [0.2, 0.25) is 0 Å². The van der Waals surface area contributed by atoms with E-state index in [1.807, 2.05) is 6.20 Å². The Bertz CT molecular complexity index is 997. The highest BCUT2D eigenvalue weighted by Crippen LogP contribution is 2.69. The summed E-state index contributed by atoms with van der Waals surface area (Å²) in [5.74, 6) is 4.11. The maximum absolute atomic E-state index is 12.7. The summed E-state index contributed by atoms with van der Waals surface area (Å²) in [4.78, 5) is 19.3. The zero-order valence-corrected chi connectivity index (χ0v) is 26.2. The van der Waals surface area contributed by atoms with Crippen molar-refractivity contribution >= 4 is 5.97 Å². The van der Waals surface area contributed by atoms with E-state index < -0.39 is 5.60 Å². The Labute approximate surface area is 243 Å². The van der Waals surface area contributed by atoms with Crippen molar-refractivity contribution in [2.75, 3.05) is 6.54 Å². The lowest BCUT2D eigenvalue weighted by molar-refractivity contribution is -0.237. The van der Waals surface area contributed by atoms with Gasteiger partial charge < -0.3 is 20.1 Å². The Morgan fingerprint density at radius 2 is 1.95 bits per heavy atom. The number of aliphatic hydroxyl groups is 1. The number of hydrogen-bond acceptors (Lipinski definition) is 5. The van der Waals surface area contributed by atoms with E-state index in [-0.39, 0.29) is 23.5 Å². The van der Waals surface area contributed by atoms with Crippen molar-refractivity contribution in [3.8, 4) is 0 Å². The van der Waals surface area contributed by atoms with Gasteiger partial charge in [0.25, 0.3) is 0 Å². The molecule has 226 valence electrons. The SMILES string of the molecule is CC(=O)OC1CC[C@]2(C)[C@H]3CC[C@]4(C)[C@@H]([C@H](C)CCCC(C)C)CC[C@H]4[C@@H]3CC(NCCc3cnc[nH]3)C2(O)C1. The van der Waals surface area contributed by atoms with Crippen LogP contribution >= 0.6 is 0 Å². The second kappa shape index (κ2) is 11.7. The predicted octanol–water partition coefficient (Wildman–Crippen LogP) is 6.69. The third-order valence-corrected chi connectivity index (χ3v) is 12.7. The molecular weight excluding hydrogens is 498 g/mol. The highest BCUT2D eigenvalue weighted by molar-refractivity contribution is 5.66. The molecule has 4 aliphatic carbocycles. The highest BCUT2D eigenvalue weighted by Gasteiger charge is 2.67. The van der Waals surface area contributed by atoms with Crippen LogP contribution in [-0.2, 0) is 16.0 Å². The molecule has 0 radical (unpaired) electrons. The molecule has 40 heavy (non-hydrogen) atoms. The van der Waals surface area contributed by atoms with Gasteiger partial charge in [0.15, 0.2) is 0 Å². The van der Waals surface area contributed by atoms with Crippen molar-refractivity contribution < 1.29 is 14.6 Å². The van der Waals surface area contributed by atoms with Gasteiger partial charge in [0.2, 0.25) is 0 Å².